The van der Waals surface area contributed by atoms with Crippen molar-refractivity contribution >= 4 is 44.5 Å². The summed E-state index contributed by atoms with van der Waals surface area (Å²) in [6.07, 6.45) is 3.92. The molecule has 2 heteroatoms. The second kappa shape index (κ2) is 9.18. The number of fused-ring (bicyclic) bond motifs is 6. The van der Waals surface area contributed by atoms with Crippen molar-refractivity contribution in [1.29, 1.82) is 0 Å². The van der Waals surface area contributed by atoms with E-state index in [0.717, 1.165) is 5.70 Å². The van der Waals surface area contributed by atoms with Gasteiger partial charge in [0.2, 0.25) is 0 Å². The molecule has 8 rings (SSSR count). The third kappa shape index (κ3) is 3.54. The van der Waals surface area contributed by atoms with E-state index >= 15 is 0 Å². The highest BCUT2D eigenvalue weighted by Crippen LogP contribution is 2.49. The van der Waals surface area contributed by atoms with Gasteiger partial charge in [0, 0.05) is 29.7 Å². The molecule has 0 aliphatic heterocycles. The smallest absolute Gasteiger partial charge is 0.0538 e. The molecule has 0 N–H and O–H groups in total. The van der Waals surface area contributed by atoms with Crippen LogP contribution >= 0.6 is 0 Å². The fourth-order valence-electron chi connectivity index (χ4n) is 6.69. The summed E-state index contributed by atoms with van der Waals surface area (Å²) < 4.78 is 2.33. The van der Waals surface area contributed by atoms with Crippen LogP contribution in [0.1, 0.15) is 6.92 Å². The van der Waals surface area contributed by atoms with Crippen LogP contribution in [0.5, 0.6) is 0 Å². The predicted octanol–water partition coefficient (Wildman–Crippen LogP) is 10.5. The number of aliphatic imine (C=N–C) groups is 1. The van der Waals surface area contributed by atoms with E-state index in [0.29, 0.717) is 0 Å². The molecule has 2 nitrogen and oxygen atoms in total. The molecule has 1 heterocycles. The molecule has 0 atom stereocenters. The highest BCUT2D eigenvalue weighted by atomic mass is 15.0. The van der Waals surface area contributed by atoms with Crippen LogP contribution in [0.4, 0.5) is 0 Å². The Morgan fingerprint density at radius 1 is 0.537 bits per heavy atom. The van der Waals surface area contributed by atoms with Gasteiger partial charge < -0.3 is 4.57 Å². The van der Waals surface area contributed by atoms with Crippen LogP contribution in [-0.4, -0.2) is 17.8 Å². The largest absolute Gasteiger partial charge is 0.313 e. The molecule has 6 aromatic carbocycles. The topological polar surface area (TPSA) is 17.3 Å². The molecule has 0 fully saturated rings. The lowest BCUT2D eigenvalue weighted by Gasteiger charge is -2.11. The Labute approximate surface area is 239 Å². The molecular formula is C39H28N2. The van der Waals surface area contributed by atoms with E-state index < -0.39 is 0 Å². The first-order valence-electron chi connectivity index (χ1n) is 14.1. The van der Waals surface area contributed by atoms with Crippen molar-refractivity contribution < 1.29 is 0 Å². The van der Waals surface area contributed by atoms with E-state index in [4.69, 9.17) is 0 Å². The molecule has 0 radical (unpaired) electrons. The van der Waals surface area contributed by atoms with Crippen molar-refractivity contribution in [3.05, 3.63) is 127 Å². The lowest BCUT2D eigenvalue weighted by molar-refractivity contribution is 1.20. The van der Waals surface area contributed by atoms with E-state index in [1.807, 2.05) is 6.21 Å². The third-order valence-corrected chi connectivity index (χ3v) is 8.57. The van der Waals surface area contributed by atoms with E-state index in [9.17, 15) is 0 Å². The van der Waals surface area contributed by atoms with E-state index in [-0.39, 0.29) is 0 Å². The van der Waals surface area contributed by atoms with Gasteiger partial charge in [-0.1, -0.05) is 103 Å². The van der Waals surface area contributed by atoms with Crippen LogP contribution in [0, 0.1) is 0 Å². The third-order valence-electron chi connectivity index (χ3n) is 8.57. The van der Waals surface area contributed by atoms with Crippen molar-refractivity contribution in [2.75, 3.05) is 7.05 Å². The zero-order valence-electron chi connectivity index (χ0n) is 23.1. The van der Waals surface area contributed by atoms with Crippen LogP contribution in [-0.2, 0) is 0 Å². The van der Waals surface area contributed by atoms with Crippen LogP contribution in [0.15, 0.2) is 132 Å². The molecule has 0 spiro atoms. The second-order valence-corrected chi connectivity index (χ2v) is 10.8. The van der Waals surface area contributed by atoms with Crippen molar-refractivity contribution in [2.24, 2.45) is 4.99 Å². The molecule has 0 bridgehead atoms. The first-order chi connectivity index (χ1) is 20.2. The molecule has 0 unspecified atom stereocenters. The summed E-state index contributed by atoms with van der Waals surface area (Å²) in [4.78, 5) is 4.15. The minimum atomic E-state index is 1.15. The molecule has 0 amide bonds. The van der Waals surface area contributed by atoms with Gasteiger partial charge in [-0.15, -0.1) is 0 Å². The number of hydrogen-bond acceptors (Lipinski definition) is 1. The number of aromatic nitrogens is 1. The van der Waals surface area contributed by atoms with Gasteiger partial charge in [0.1, 0.15) is 0 Å². The minimum Gasteiger partial charge on any atom is -0.313 e. The predicted molar refractivity (Wildman–Crippen MR) is 177 cm³/mol. The summed E-state index contributed by atoms with van der Waals surface area (Å²) in [5.41, 5.74) is 13.9. The molecule has 0 saturated carbocycles. The van der Waals surface area contributed by atoms with E-state index in [2.05, 4.69) is 144 Å². The molecule has 194 valence electrons. The molecule has 1 aliphatic carbocycles. The van der Waals surface area contributed by atoms with E-state index in [1.54, 1.807) is 7.05 Å². The Hall–Kier alpha value is -5.21. The van der Waals surface area contributed by atoms with Crippen LogP contribution in [0.2, 0.25) is 0 Å². The summed E-state index contributed by atoms with van der Waals surface area (Å²) in [5, 5.41) is 5.20. The lowest BCUT2D eigenvalue weighted by Crippen LogP contribution is -1.93. The number of para-hydroxylation sites is 1. The zero-order valence-corrected chi connectivity index (χ0v) is 23.1. The molecular weight excluding hydrogens is 496 g/mol. The highest BCUT2D eigenvalue weighted by molar-refractivity contribution is 6.18. The summed E-state index contributed by atoms with van der Waals surface area (Å²) in [6, 6.07) is 44.6. The monoisotopic (exact) mass is 524 g/mol. The fourth-order valence-corrected chi connectivity index (χ4v) is 6.69. The number of rotatable bonds is 4. The molecule has 0 saturated heterocycles. The van der Waals surface area contributed by atoms with Gasteiger partial charge in [-0.3, -0.25) is 4.99 Å². The van der Waals surface area contributed by atoms with E-state index in [1.165, 1.54) is 77.1 Å². The Morgan fingerprint density at radius 2 is 1.15 bits per heavy atom. The van der Waals surface area contributed by atoms with Crippen molar-refractivity contribution in [3.8, 4) is 44.5 Å². The normalized spacial score (nSPS) is 12.7. The lowest BCUT2D eigenvalue weighted by atomic mass is 9.93. The van der Waals surface area contributed by atoms with Crippen molar-refractivity contribution in [1.82, 2.24) is 4.57 Å². The van der Waals surface area contributed by atoms with Gasteiger partial charge in [-0.05, 0) is 86.5 Å². The van der Waals surface area contributed by atoms with Gasteiger partial charge in [0.15, 0.2) is 0 Å². The first kappa shape index (κ1) is 23.7. The van der Waals surface area contributed by atoms with Gasteiger partial charge in [-0.2, -0.15) is 0 Å². The maximum Gasteiger partial charge on any atom is 0.0538 e. The quantitative estimate of drug-likeness (QED) is 0.204. The highest BCUT2D eigenvalue weighted by Gasteiger charge is 2.22. The Bertz CT molecular complexity index is 2180. The van der Waals surface area contributed by atoms with Gasteiger partial charge >= 0.3 is 0 Å². The average molecular weight is 525 g/mol. The number of allylic oxidation sites excluding steroid dienone is 2. The van der Waals surface area contributed by atoms with Crippen molar-refractivity contribution in [3.63, 3.8) is 0 Å². The van der Waals surface area contributed by atoms with Gasteiger partial charge in [0.05, 0.1) is 11.0 Å². The fraction of sp³-hybridized carbons (Fsp3) is 0.0513. The van der Waals surface area contributed by atoms with Crippen LogP contribution in [0.25, 0.3) is 82.8 Å². The number of hydrogen-bond donors (Lipinski definition) is 0. The summed E-state index contributed by atoms with van der Waals surface area (Å²) >= 11 is 0. The molecule has 41 heavy (non-hydrogen) atoms. The standard InChI is InChI=1S/C39H28N2/c1-25(22-23-40-2)41-37-13-6-5-10-32(37)36-24-28(18-21-38(36)41)26-14-16-27(17-15-26)29-19-20-35-31-9-4-3-8-30(31)34-12-7-11-33(29)39(34)35/h3-24H,1-2H3/b25-22+,40-23?. The number of benzene rings is 6. The van der Waals surface area contributed by atoms with Crippen molar-refractivity contribution in [2.45, 2.75) is 6.92 Å². The summed E-state index contributed by atoms with van der Waals surface area (Å²) in [6.45, 7) is 2.14. The van der Waals surface area contributed by atoms with Gasteiger partial charge in [-0.25, -0.2) is 0 Å². The Kier molecular flexibility index (Phi) is 5.30. The molecule has 7 aromatic rings. The SMILES string of the molecule is CN=C/C=C(\C)n1c2ccccc2c2cc(-c3ccc(-c4ccc5c6c(cccc46)-c4ccccc4-5)cc3)ccc21. The summed E-state index contributed by atoms with van der Waals surface area (Å²) in [5.74, 6) is 0. The van der Waals surface area contributed by atoms with Gasteiger partial charge in [0.25, 0.3) is 0 Å². The molecule has 1 aromatic heterocycles. The maximum atomic E-state index is 4.15. The molecule has 1 aliphatic rings. The van der Waals surface area contributed by atoms with Crippen LogP contribution < -0.4 is 0 Å². The van der Waals surface area contributed by atoms with Crippen LogP contribution in [0.3, 0.4) is 0 Å². The minimum absolute atomic E-state index is 1.15. The zero-order chi connectivity index (χ0) is 27.5. The number of nitrogens with zero attached hydrogens (tertiary/aromatic N) is 2. The maximum absolute atomic E-state index is 4.15. The second-order valence-electron chi connectivity index (χ2n) is 10.8. The summed E-state index contributed by atoms with van der Waals surface area (Å²) in [7, 11) is 1.80. The first-order valence-corrected chi connectivity index (χ1v) is 14.1. The Morgan fingerprint density at radius 3 is 1.95 bits per heavy atom. The average Bonchev–Trinajstić information content (AvgIpc) is 3.54. The Balaban J connectivity index is 1.22.